The summed E-state index contributed by atoms with van der Waals surface area (Å²) in [5, 5.41) is 0. The average Bonchev–Trinajstić information content (AvgIpc) is 2.54. The van der Waals surface area contributed by atoms with Gasteiger partial charge in [-0.15, -0.1) is 0 Å². The first-order chi connectivity index (χ1) is 10.2. The maximum Gasteiger partial charge on any atom is 0.134 e. The lowest BCUT2D eigenvalue weighted by molar-refractivity contribution is 0.403. The van der Waals surface area contributed by atoms with Crippen LogP contribution in [0.3, 0.4) is 0 Å². The second kappa shape index (κ2) is 7.24. The van der Waals surface area contributed by atoms with E-state index in [0.29, 0.717) is 22.1 Å². The van der Waals surface area contributed by atoms with Gasteiger partial charge in [0.25, 0.3) is 0 Å². The topological polar surface area (TPSA) is 61.5 Å². The first kappa shape index (κ1) is 15.5. The molecule has 0 spiro atoms. The van der Waals surface area contributed by atoms with Gasteiger partial charge in [0.1, 0.15) is 11.5 Å². The summed E-state index contributed by atoms with van der Waals surface area (Å²) in [7, 11) is 1.92. The van der Waals surface area contributed by atoms with Gasteiger partial charge in [-0.3, -0.25) is 4.21 Å². The first-order valence-corrected chi connectivity index (χ1v) is 7.89. The number of ether oxygens (including phenoxy) is 2. The molecule has 0 amide bonds. The predicted molar refractivity (Wildman–Crippen MR) is 84.2 cm³/mol. The van der Waals surface area contributed by atoms with Crippen molar-refractivity contribution < 1.29 is 13.7 Å². The van der Waals surface area contributed by atoms with Crippen molar-refractivity contribution in [2.45, 2.75) is 10.9 Å². The molecular formula is C16H19NO3S. The summed E-state index contributed by atoms with van der Waals surface area (Å²) in [4.78, 5) is 0.658. The van der Waals surface area contributed by atoms with Crippen molar-refractivity contribution in [3.63, 3.8) is 0 Å². The van der Waals surface area contributed by atoms with Gasteiger partial charge in [-0.2, -0.15) is 0 Å². The minimum atomic E-state index is -1.24. The van der Waals surface area contributed by atoms with Gasteiger partial charge in [0, 0.05) is 17.4 Å². The van der Waals surface area contributed by atoms with Crippen LogP contribution in [0.5, 0.6) is 11.5 Å². The van der Waals surface area contributed by atoms with Crippen molar-refractivity contribution in [3.05, 3.63) is 54.1 Å². The van der Waals surface area contributed by atoms with Crippen LogP contribution in [0, 0.1) is 0 Å². The fourth-order valence-electron chi connectivity index (χ4n) is 2.12. The van der Waals surface area contributed by atoms with Crippen LogP contribution in [0.2, 0.25) is 0 Å². The van der Waals surface area contributed by atoms with Crippen molar-refractivity contribution in [1.29, 1.82) is 0 Å². The zero-order valence-electron chi connectivity index (χ0n) is 12.1. The van der Waals surface area contributed by atoms with Gasteiger partial charge in [-0.25, -0.2) is 0 Å². The van der Waals surface area contributed by atoms with Gasteiger partial charge in [-0.05, 0) is 18.2 Å². The summed E-state index contributed by atoms with van der Waals surface area (Å²) in [6.07, 6.45) is 0. The first-order valence-electron chi connectivity index (χ1n) is 6.57. The highest BCUT2D eigenvalue weighted by atomic mass is 32.2. The Labute approximate surface area is 127 Å². The van der Waals surface area contributed by atoms with E-state index < -0.39 is 10.8 Å². The standard InChI is InChI=1S/C16H19NO3S/c1-19-14-8-4-3-7-12(14)13(17)11-21(18)16-10-6-5-9-15(16)20-2/h3-10,13H,11,17H2,1-2H3. The summed E-state index contributed by atoms with van der Waals surface area (Å²) < 4.78 is 23.1. The normalized spacial score (nSPS) is 13.5. The highest BCUT2D eigenvalue weighted by Gasteiger charge is 2.17. The number of hydrogen-bond acceptors (Lipinski definition) is 4. The Morgan fingerprint density at radius 1 is 1.00 bits per heavy atom. The summed E-state index contributed by atoms with van der Waals surface area (Å²) >= 11 is 0. The number of hydrogen-bond donors (Lipinski definition) is 1. The lowest BCUT2D eigenvalue weighted by Crippen LogP contribution is -2.19. The van der Waals surface area contributed by atoms with E-state index in [1.165, 1.54) is 0 Å². The smallest absolute Gasteiger partial charge is 0.134 e. The summed E-state index contributed by atoms with van der Waals surface area (Å²) in [6, 6.07) is 14.4. The van der Waals surface area contributed by atoms with Crippen LogP contribution in [-0.4, -0.2) is 24.2 Å². The number of para-hydroxylation sites is 2. The Balaban J connectivity index is 2.19. The quantitative estimate of drug-likeness (QED) is 0.891. The zero-order valence-corrected chi connectivity index (χ0v) is 12.9. The fraction of sp³-hybridized carbons (Fsp3) is 0.250. The summed E-state index contributed by atoms with van der Waals surface area (Å²) in [6.45, 7) is 0. The zero-order chi connectivity index (χ0) is 15.2. The molecule has 2 atom stereocenters. The van der Waals surface area contributed by atoms with Crippen LogP contribution in [0.1, 0.15) is 11.6 Å². The van der Waals surface area contributed by atoms with Crippen molar-refractivity contribution >= 4 is 10.8 Å². The third kappa shape index (κ3) is 3.62. The van der Waals surface area contributed by atoms with E-state index in [2.05, 4.69) is 0 Å². The van der Waals surface area contributed by atoms with Crippen molar-refractivity contribution in [1.82, 2.24) is 0 Å². The van der Waals surface area contributed by atoms with Crippen molar-refractivity contribution in [3.8, 4) is 11.5 Å². The van der Waals surface area contributed by atoms with Gasteiger partial charge < -0.3 is 15.2 Å². The van der Waals surface area contributed by atoms with E-state index in [9.17, 15) is 4.21 Å². The molecule has 0 aliphatic rings. The molecular weight excluding hydrogens is 286 g/mol. The van der Waals surface area contributed by atoms with E-state index in [1.807, 2.05) is 36.4 Å². The van der Waals surface area contributed by atoms with Gasteiger partial charge in [0.05, 0.1) is 29.9 Å². The van der Waals surface area contributed by atoms with Gasteiger partial charge >= 0.3 is 0 Å². The molecule has 0 aliphatic heterocycles. The molecule has 112 valence electrons. The average molecular weight is 305 g/mol. The molecule has 0 aromatic heterocycles. The number of rotatable bonds is 6. The highest BCUT2D eigenvalue weighted by Crippen LogP contribution is 2.27. The van der Waals surface area contributed by atoms with Gasteiger partial charge in [0.2, 0.25) is 0 Å². The van der Waals surface area contributed by atoms with Crippen LogP contribution >= 0.6 is 0 Å². The van der Waals surface area contributed by atoms with E-state index in [4.69, 9.17) is 15.2 Å². The molecule has 0 saturated carbocycles. The number of methoxy groups -OCH3 is 2. The molecule has 0 heterocycles. The Morgan fingerprint density at radius 2 is 1.57 bits per heavy atom. The van der Waals surface area contributed by atoms with E-state index >= 15 is 0 Å². The summed E-state index contributed by atoms with van der Waals surface area (Å²) in [5.41, 5.74) is 7.04. The molecule has 0 aliphatic carbocycles. The lowest BCUT2D eigenvalue weighted by Gasteiger charge is -2.16. The van der Waals surface area contributed by atoms with E-state index in [1.54, 1.807) is 26.4 Å². The SMILES string of the molecule is COc1ccccc1C(N)CS(=O)c1ccccc1OC. The van der Waals surface area contributed by atoms with Crippen LogP contribution in [0.15, 0.2) is 53.4 Å². The van der Waals surface area contributed by atoms with Gasteiger partial charge in [0.15, 0.2) is 0 Å². The largest absolute Gasteiger partial charge is 0.496 e. The number of nitrogens with two attached hydrogens (primary N) is 1. The minimum absolute atomic E-state index is 0.306. The Morgan fingerprint density at radius 3 is 2.24 bits per heavy atom. The molecule has 2 rings (SSSR count). The van der Waals surface area contributed by atoms with Crippen LogP contribution in [0.4, 0.5) is 0 Å². The van der Waals surface area contributed by atoms with Gasteiger partial charge in [-0.1, -0.05) is 30.3 Å². The summed E-state index contributed by atoms with van der Waals surface area (Å²) in [5.74, 6) is 1.63. The Hall–Kier alpha value is -1.85. The Kier molecular flexibility index (Phi) is 5.36. The molecule has 21 heavy (non-hydrogen) atoms. The second-order valence-electron chi connectivity index (χ2n) is 4.51. The number of benzene rings is 2. The van der Waals surface area contributed by atoms with Crippen LogP contribution in [0.25, 0.3) is 0 Å². The van der Waals surface area contributed by atoms with Crippen molar-refractivity contribution in [2.75, 3.05) is 20.0 Å². The second-order valence-corrected chi connectivity index (χ2v) is 5.98. The molecule has 0 bridgehead atoms. The van der Waals surface area contributed by atoms with Crippen LogP contribution in [-0.2, 0) is 10.8 Å². The molecule has 0 fully saturated rings. The molecule has 2 aromatic rings. The van der Waals surface area contributed by atoms with Crippen LogP contribution < -0.4 is 15.2 Å². The Bertz CT molecular complexity index is 630. The minimum Gasteiger partial charge on any atom is -0.496 e. The molecule has 2 aromatic carbocycles. The predicted octanol–water partition coefficient (Wildman–Crippen LogP) is 2.51. The molecule has 0 saturated heterocycles. The molecule has 4 nitrogen and oxygen atoms in total. The molecule has 5 heteroatoms. The highest BCUT2D eigenvalue weighted by molar-refractivity contribution is 7.85. The monoisotopic (exact) mass is 305 g/mol. The maximum atomic E-state index is 12.5. The maximum absolute atomic E-state index is 12.5. The van der Waals surface area contributed by atoms with Crippen molar-refractivity contribution in [2.24, 2.45) is 5.73 Å². The van der Waals surface area contributed by atoms with E-state index in [-0.39, 0.29) is 6.04 Å². The molecule has 2 N–H and O–H groups in total. The fourth-order valence-corrected chi connectivity index (χ4v) is 3.41. The molecule has 2 unspecified atom stereocenters. The third-order valence-corrected chi connectivity index (χ3v) is 4.67. The molecule has 0 radical (unpaired) electrons. The third-order valence-electron chi connectivity index (χ3n) is 3.18. The lowest BCUT2D eigenvalue weighted by atomic mass is 10.1. The van der Waals surface area contributed by atoms with E-state index in [0.717, 1.165) is 5.56 Å².